The summed E-state index contributed by atoms with van der Waals surface area (Å²) in [5, 5.41) is 9.74. The normalized spacial score (nSPS) is 14.4. The van der Waals surface area contributed by atoms with Gasteiger partial charge in [-0.3, -0.25) is 4.79 Å². The molecule has 1 aromatic carbocycles. The molecule has 1 fully saturated rings. The highest BCUT2D eigenvalue weighted by Gasteiger charge is 2.31. The van der Waals surface area contributed by atoms with Crippen LogP contribution in [0.2, 0.25) is 0 Å². The van der Waals surface area contributed by atoms with Gasteiger partial charge in [0.25, 0.3) is 0 Å². The summed E-state index contributed by atoms with van der Waals surface area (Å²) in [5.41, 5.74) is 3.89. The van der Waals surface area contributed by atoms with Crippen molar-refractivity contribution in [2.24, 2.45) is 0 Å². The number of benzene rings is 1. The molecule has 0 spiro atoms. The van der Waals surface area contributed by atoms with Crippen molar-refractivity contribution in [3.05, 3.63) is 81.4 Å². The van der Waals surface area contributed by atoms with Crippen LogP contribution in [-0.2, 0) is 6.18 Å². The molecule has 0 aliphatic heterocycles. The van der Waals surface area contributed by atoms with Crippen LogP contribution in [0.3, 0.4) is 0 Å². The zero-order valence-electron chi connectivity index (χ0n) is 18.9. The average molecular weight is 451 g/mol. The van der Waals surface area contributed by atoms with Gasteiger partial charge in [-0.25, -0.2) is 0 Å². The highest BCUT2D eigenvalue weighted by atomic mass is 19.4. The van der Waals surface area contributed by atoms with E-state index in [9.17, 15) is 23.2 Å². The standard InChI is InChI=1S/C26H24F3N3O/c1-15-10-19(17(3)31(15)22-8-9-22)12-20(14-30)25(33)24-11-16(2)32(18(24)4)23-7-5-6-21(13-23)26(27,28)29/h5-7,10-13,22H,8-9H2,1-4H3. The number of aromatic nitrogens is 2. The van der Waals surface area contributed by atoms with Crippen LogP contribution in [0.4, 0.5) is 13.2 Å². The third-order valence-corrected chi connectivity index (χ3v) is 6.21. The Bertz CT molecular complexity index is 1330. The molecule has 0 bridgehead atoms. The predicted octanol–water partition coefficient (Wildman–Crippen LogP) is 6.66. The van der Waals surface area contributed by atoms with E-state index in [1.165, 1.54) is 6.07 Å². The molecular weight excluding hydrogens is 427 g/mol. The highest BCUT2D eigenvalue weighted by molar-refractivity contribution is 6.15. The van der Waals surface area contributed by atoms with Crippen LogP contribution in [0.15, 0.2) is 42.0 Å². The molecule has 7 heteroatoms. The number of nitrogens with zero attached hydrogens (tertiary/aromatic N) is 3. The Labute approximate surface area is 190 Å². The largest absolute Gasteiger partial charge is 0.416 e. The lowest BCUT2D eigenvalue weighted by Gasteiger charge is -2.13. The molecule has 0 unspecified atom stereocenters. The monoisotopic (exact) mass is 451 g/mol. The van der Waals surface area contributed by atoms with Crippen molar-refractivity contribution in [3.8, 4) is 11.8 Å². The Morgan fingerprint density at radius 1 is 1.06 bits per heavy atom. The Morgan fingerprint density at radius 3 is 2.36 bits per heavy atom. The van der Waals surface area contributed by atoms with Gasteiger partial charge in [-0.2, -0.15) is 18.4 Å². The summed E-state index contributed by atoms with van der Waals surface area (Å²) in [6, 6.07) is 11.1. The fraction of sp³-hybridized carbons (Fsp3) is 0.308. The molecule has 0 atom stereocenters. The topological polar surface area (TPSA) is 50.7 Å². The predicted molar refractivity (Wildman–Crippen MR) is 120 cm³/mol. The van der Waals surface area contributed by atoms with E-state index in [1.54, 1.807) is 36.6 Å². The lowest BCUT2D eigenvalue weighted by Crippen LogP contribution is -2.08. The van der Waals surface area contributed by atoms with E-state index in [0.29, 0.717) is 28.7 Å². The maximum absolute atomic E-state index is 13.3. The van der Waals surface area contributed by atoms with Gasteiger partial charge in [-0.05, 0) is 82.5 Å². The van der Waals surface area contributed by atoms with Crippen molar-refractivity contribution in [1.29, 1.82) is 5.26 Å². The second-order valence-electron chi connectivity index (χ2n) is 8.59. The number of Topliss-reactive ketones (excluding diaryl/α,β-unsaturated/α-hetero) is 1. The van der Waals surface area contributed by atoms with E-state index in [-0.39, 0.29) is 5.57 Å². The van der Waals surface area contributed by atoms with Crippen LogP contribution in [-0.4, -0.2) is 14.9 Å². The van der Waals surface area contributed by atoms with E-state index in [2.05, 4.69) is 4.57 Å². The Balaban J connectivity index is 1.73. The second-order valence-corrected chi connectivity index (χ2v) is 8.59. The van der Waals surface area contributed by atoms with Gasteiger partial charge >= 0.3 is 6.18 Å². The van der Waals surface area contributed by atoms with Gasteiger partial charge in [0.2, 0.25) is 5.78 Å². The van der Waals surface area contributed by atoms with Crippen LogP contribution in [0.5, 0.6) is 0 Å². The molecule has 1 aliphatic carbocycles. The zero-order valence-corrected chi connectivity index (χ0v) is 18.9. The second kappa shape index (κ2) is 8.11. The molecule has 4 nitrogen and oxygen atoms in total. The minimum absolute atomic E-state index is 0.00432. The summed E-state index contributed by atoms with van der Waals surface area (Å²) < 4.78 is 43.4. The smallest absolute Gasteiger partial charge is 0.346 e. The molecule has 2 aromatic heterocycles. The average Bonchev–Trinajstić information content (AvgIpc) is 3.48. The molecule has 2 heterocycles. The third-order valence-electron chi connectivity index (χ3n) is 6.21. The molecule has 0 N–H and O–H groups in total. The first-order valence-electron chi connectivity index (χ1n) is 10.7. The summed E-state index contributed by atoms with van der Waals surface area (Å²) in [4.78, 5) is 13.3. The van der Waals surface area contributed by atoms with Crippen LogP contribution < -0.4 is 0 Å². The van der Waals surface area contributed by atoms with Crippen molar-refractivity contribution in [2.45, 2.75) is 52.8 Å². The van der Waals surface area contributed by atoms with Gasteiger partial charge in [0, 0.05) is 40.1 Å². The first-order chi connectivity index (χ1) is 15.5. The number of hydrogen-bond donors (Lipinski definition) is 0. The summed E-state index contributed by atoms with van der Waals surface area (Å²) in [6.07, 6.45) is -0.594. The number of aryl methyl sites for hydroxylation is 2. The maximum atomic E-state index is 13.3. The van der Waals surface area contributed by atoms with Crippen LogP contribution in [0, 0.1) is 39.0 Å². The summed E-state index contributed by atoms with van der Waals surface area (Å²) in [5.74, 6) is -0.444. The first-order valence-corrected chi connectivity index (χ1v) is 10.7. The van der Waals surface area contributed by atoms with E-state index in [0.717, 1.165) is 41.9 Å². The van der Waals surface area contributed by atoms with Crippen LogP contribution in [0.25, 0.3) is 11.8 Å². The van der Waals surface area contributed by atoms with Gasteiger partial charge in [0.1, 0.15) is 11.6 Å². The van der Waals surface area contributed by atoms with Crippen molar-refractivity contribution < 1.29 is 18.0 Å². The van der Waals surface area contributed by atoms with Crippen molar-refractivity contribution in [3.63, 3.8) is 0 Å². The summed E-state index contributed by atoms with van der Waals surface area (Å²) in [7, 11) is 0. The molecule has 4 rings (SSSR count). The van der Waals surface area contributed by atoms with Gasteiger partial charge in [-0.15, -0.1) is 0 Å². The van der Waals surface area contributed by atoms with E-state index in [1.807, 2.05) is 26.0 Å². The number of hydrogen-bond acceptors (Lipinski definition) is 2. The maximum Gasteiger partial charge on any atom is 0.416 e. The van der Waals surface area contributed by atoms with Crippen molar-refractivity contribution >= 4 is 11.9 Å². The van der Waals surface area contributed by atoms with Gasteiger partial charge in [0.05, 0.1) is 5.56 Å². The molecule has 170 valence electrons. The number of allylic oxidation sites excluding steroid dienone is 1. The lowest BCUT2D eigenvalue weighted by atomic mass is 10.0. The Morgan fingerprint density at radius 2 is 1.76 bits per heavy atom. The number of carbonyl (C=O) groups excluding carboxylic acids is 1. The van der Waals surface area contributed by atoms with E-state index >= 15 is 0 Å². The number of ketones is 1. The van der Waals surface area contributed by atoms with E-state index in [4.69, 9.17) is 0 Å². The van der Waals surface area contributed by atoms with E-state index < -0.39 is 17.5 Å². The molecule has 0 saturated heterocycles. The van der Waals surface area contributed by atoms with Gasteiger partial charge in [0.15, 0.2) is 0 Å². The van der Waals surface area contributed by atoms with Crippen LogP contribution in [0.1, 0.15) is 63.1 Å². The van der Waals surface area contributed by atoms with Gasteiger partial charge < -0.3 is 9.13 Å². The minimum Gasteiger partial charge on any atom is -0.346 e. The molecule has 0 radical (unpaired) electrons. The Hall–Kier alpha value is -3.53. The molecule has 1 saturated carbocycles. The molecular formula is C26H24F3N3O. The summed E-state index contributed by atoms with van der Waals surface area (Å²) in [6.45, 7) is 7.40. The van der Waals surface area contributed by atoms with Crippen molar-refractivity contribution in [1.82, 2.24) is 9.13 Å². The fourth-order valence-electron chi connectivity index (χ4n) is 4.50. The highest BCUT2D eigenvalue weighted by Crippen LogP contribution is 2.39. The fourth-order valence-corrected chi connectivity index (χ4v) is 4.50. The number of alkyl halides is 3. The molecule has 1 aliphatic rings. The SMILES string of the molecule is Cc1cc(C(=O)C(C#N)=Cc2cc(C)n(C3CC3)c2C)c(C)n1-c1cccc(C(F)(F)F)c1. The van der Waals surface area contributed by atoms with Crippen LogP contribution >= 0.6 is 0 Å². The number of carbonyl (C=O) groups is 1. The molecule has 3 aromatic rings. The lowest BCUT2D eigenvalue weighted by molar-refractivity contribution is -0.137. The van der Waals surface area contributed by atoms with Gasteiger partial charge in [-0.1, -0.05) is 6.07 Å². The van der Waals surface area contributed by atoms with Crippen molar-refractivity contribution in [2.75, 3.05) is 0 Å². The number of halogens is 3. The zero-order chi connectivity index (χ0) is 24.1. The Kier molecular flexibility index (Phi) is 5.57. The number of nitriles is 1. The third kappa shape index (κ3) is 4.13. The quantitative estimate of drug-likeness (QED) is 0.248. The minimum atomic E-state index is -4.47. The first kappa shape index (κ1) is 22.7. The molecule has 33 heavy (non-hydrogen) atoms. The summed E-state index contributed by atoms with van der Waals surface area (Å²) >= 11 is 0. The molecule has 0 amide bonds. The number of rotatable bonds is 5.